The van der Waals surface area contributed by atoms with E-state index in [4.69, 9.17) is 4.74 Å². The van der Waals surface area contributed by atoms with Gasteiger partial charge >= 0.3 is 0 Å². The minimum atomic E-state index is 0.668. The van der Waals surface area contributed by atoms with Crippen LogP contribution < -0.4 is 4.74 Å². The van der Waals surface area contributed by atoms with E-state index in [1.165, 1.54) is 63.8 Å². The standard InChI is InChI=1S/C19H30N2O/c1-20-12-5-6-17(20)11-15-21-13-9-16(10-14-21)18-7-3-4-8-19(18)22-2/h3-4,7-8,16-17H,5-6,9-15H2,1-2H3/t17-/m1/s1. The Kier molecular flexibility index (Phi) is 5.37. The van der Waals surface area contributed by atoms with Crippen molar-refractivity contribution in [2.75, 3.05) is 40.3 Å². The van der Waals surface area contributed by atoms with E-state index >= 15 is 0 Å². The molecule has 3 rings (SSSR count). The zero-order valence-corrected chi connectivity index (χ0v) is 14.1. The second-order valence-electron chi connectivity index (χ2n) is 6.92. The van der Waals surface area contributed by atoms with Gasteiger partial charge in [0.1, 0.15) is 5.75 Å². The Balaban J connectivity index is 1.48. The lowest BCUT2D eigenvalue weighted by atomic mass is 9.88. The third-order valence-electron chi connectivity index (χ3n) is 5.62. The van der Waals surface area contributed by atoms with Crippen molar-refractivity contribution in [3.63, 3.8) is 0 Å². The third-order valence-corrected chi connectivity index (χ3v) is 5.62. The number of ether oxygens (including phenoxy) is 1. The smallest absolute Gasteiger partial charge is 0.122 e. The van der Waals surface area contributed by atoms with Crippen LogP contribution in [0.15, 0.2) is 24.3 Å². The van der Waals surface area contributed by atoms with Gasteiger partial charge in [0.05, 0.1) is 7.11 Å². The van der Waals surface area contributed by atoms with Crippen molar-refractivity contribution in [1.29, 1.82) is 0 Å². The molecule has 2 fully saturated rings. The van der Waals surface area contributed by atoms with Crippen molar-refractivity contribution in [2.45, 2.75) is 44.1 Å². The summed E-state index contributed by atoms with van der Waals surface area (Å²) in [6.07, 6.45) is 6.66. The highest BCUT2D eigenvalue weighted by molar-refractivity contribution is 5.36. The van der Waals surface area contributed by atoms with Crippen molar-refractivity contribution < 1.29 is 4.74 Å². The van der Waals surface area contributed by atoms with E-state index < -0.39 is 0 Å². The molecular formula is C19H30N2O. The van der Waals surface area contributed by atoms with E-state index in [-0.39, 0.29) is 0 Å². The Morgan fingerprint density at radius 1 is 1.09 bits per heavy atom. The molecule has 22 heavy (non-hydrogen) atoms. The van der Waals surface area contributed by atoms with E-state index in [1.54, 1.807) is 7.11 Å². The molecule has 3 nitrogen and oxygen atoms in total. The van der Waals surface area contributed by atoms with Gasteiger partial charge in [-0.05, 0) is 82.9 Å². The molecule has 1 aromatic rings. The van der Waals surface area contributed by atoms with Crippen molar-refractivity contribution in [3.05, 3.63) is 29.8 Å². The molecule has 0 unspecified atom stereocenters. The van der Waals surface area contributed by atoms with E-state index in [0.29, 0.717) is 5.92 Å². The van der Waals surface area contributed by atoms with Gasteiger partial charge in [-0.1, -0.05) is 18.2 Å². The topological polar surface area (TPSA) is 15.7 Å². The Morgan fingerprint density at radius 3 is 2.55 bits per heavy atom. The molecular weight excluding hydrogens is 272 g/mol. The molecule has 0 aromatic heterocycles. The average Bonchev–Trinajstić information content (AvgIpc) is 2.98. The summed E-state index contributed by atoms with van der Waals surface area (Å²) in [7, 11) is 4.07. The minimum absolute atomic E-state index is 0.668. The Hall–Kier alpha value is -1.06. The summed E-state index contributed by atoms with van der Waals surface area (Å²) in [5, 5.41) is 0. The minimum Gasteiger partial charge on any atom is -0.496 e. The summed E-state index contributed by atoms with van der Waals surface area (Å²) in [5.41, 5.74) is 1.40. The molecule has 1 atom stereocenters. The molecule has 2 aliphatic heterocycles. The van der Waals surface area contributed by atoms with Crippen molar-refractivity contribution in [1.82, 2.24) is 9.80 Å². The third kappa shape index (κ3) is 3.64. The van der Waals surface area contributed by atoms with Gasteiger partial charge in [-0.2, -0.15) is 0 Å². The summed E-state index contributed by atoms with van der Waals surface area (Å²) in [5.74, 6) is 1.73. The van der Waals surface area contributed by atoms with Crippen LogP contribution in [0.2, 0.25) is 0 Å². The van der Waals surface area contributed by atoms with Crippen molar-refractivity contribution in [3.8, 4) is 5.75 Å². The molecule has 0 spiro atoms. The first kappa shape index (κ1) is 15.8. The molecule has 122 valence electrons. The number of methoxy groups -OCH3 is 1. The molecule has 0 aliphatic carbocycles. The number of likely N-dealkylation sites (tertiary alicyclic amines) is 2. The number of hydrogen-bond acceptors (Lipinski definition) is 3. The first-order valence-electron chi connectivity index (χ1n) is 8.83. The molecule has 2 aliphatic rings. The fraction of sp³-hybridized carbons (Fsp3) is 0.684. The van der Waals surface area contributed by atoms with Gasteiger partial charge in [-0.25, -0.2) is 0 Å². The normalized spacial score (nSPS) is 24.7. The lowest BCUT2D eigenvalue weighted by Crippen LogP contribution is -2.36. The number of hydrogen-bond donors (Lipinski definition) is 0. The lowest BCUT2D eigenvalue weighted by Gasteiger charge is -2.33. The predicted molar refractivity (Wildman–Crippen MR) is 91.7 cm³/mol. The quantitative estimate of drug-likeness (QED) is 0.829. The van der Waals surface area contributed by atoms with Gasteiger partial charge in [-0.15, -0.1) is 0 Å². The molecule has 0 N–H and O–H groups in total. The van der Waals surface area contributed by atoms with Gasteiger partial charge in [-0.3, -0.25) is 0 Å². The number of nitrogens with zero attached hydrogens (tertiary/aromatic N) is 2. The number of para-hydroxylation sites is 1. The lowest BCUT2D eigenvalue weighted by molar-refractivity contribution is 0.185. The predicted octanol–water partition coefficient (Wildman–Crippen LogP) is 3.36. The van der Waals surface area contributed by atoms with E-state index in [2.05, 4.69) is 41.1 Å². The number of rotatable bonds is 5. The summed E-state index contributed by atoms with van der Waals surface area (Å²) in [6.45, 7) is 5.03. The van der Waals surface area contributed by atoms with Crippen LogP contribution in [0.25, 0.3) is 0 Å². The highest BCUT2D eigenvalue weighted by Crippen LogP contribution is 2.34. The molecule has 2 heterocycles. The SMILES string of the molecule is COc1ccccc1C1CCN(CC[C@H]2CCCN2C)CC1. The van der Waals surface area contributed by atoms with Crippen LogP contribution in [0, 0.1) is 0 Å². The fourth-order valence-electron chi connectivity index (χ4n) is 4.15. The van der Waals surface area contributed by atoms with Gasteiger partial charge in [0, 0.05) is 6.04 Å². The Bertz CT molecular complexity index is 468. The average molecular weight is 302 g/mol. The zero-order valence-electron chi connectivity index (χ0n) is 14.1. The molecule has 0 amide bonds. The van der Waals surface area contributed by atoms with Crippen LogP contribution >= 0.6 is 0 Å². The number of piperidine rings is 1. The van der Waals surface area contributed by atoms with Crippen LogP contribution in [0.3, 0.4) is 0 Å². The first-order valence-corrected chi connectivity index (χ1v) is 8.83. The van der Waals surface area contributed by atoms with Crippen LogP contribution in [-0.2, 0) is 0 Å². The summed E-state index contributed by atoms with van der Waals surface area (Å²) >= 11 is 0. The molecule has 1 aromatic carbocycles. The maximum Gasteiger partial charge on any atom is 0.122 e. The van der Waals surface area contributed by atoms with Crippen LogP contribution in [0.5, 0.6) is 5.75 Å². The highest BCUT2D eigenvalue weighted by atomic mass is 16.5. The number of benzene rings is 1. The second-order valence-corrected chi connectivity index (χ2v) is 6.92. The molecule has 0 radical (unpaired) electrons. The molecule has 3 heteroatoms. The van der Waals surface area contributed by atoms with Crippen LogP contribution in [0.4, 0.5) is 0 Å². The van der Waals surface area contributed by atoms with E-state index in [0.717, 1.165) is 11.8 Å². The summed E-state index contributed by atoms with van der Waals surface area (Å²) in [6, 6.07) is 9.37. The summed E-state index contributed by atoms with van der Waals surface area (Å²) < 4.78 is 5.53. The van der Waals surface area contributed by atoms with Crippen LogP contribution in [-0.4, -0.2) is 56.2 Å². The van der Waals surface area contributed by atoms with Crippen molar-refractivity contribution in [2.24, 2.45) is 0 Å². The second kappa shape index (κ2) is 7.47. The van der Waals surface area contributed by atoms with Gasteiger partial charge in [0.2, 0.25) is 0 Å². The monoisotopic (exact) mass is 302 g/mol. The van der Waals surface area contributed by atoms with Gasteiger partial charge < -0.3 is 14.5 Å². The van der Waals surface area contributed by atoms with Gasteiger partial charge in [0.25, 0.3) is 0 Å². The van der Waals surface area contributed by atoms with E-state index in [1.807, 2.05) is 0 Å². The zero-order chi connectivity index (χ0) is 15.4. The first-order chi connectivity index (χ1) is 10.8. The molecule has 0 saturated carbocycles. The summed E-state index contributed by atoms with van der Waals surface area (Å²) in [4.78, 5) is 5.21. The van der Waals surface area contributed by atoms with Crippen LogP contribution in [0.1, 0.15) is 43.6 Å². The van der Waals surface area contributed by atoms with Gasteiger partial charge in [0.15, 0.2) is 0 Å². The fourth-order valence-corrected chi connectivity index (χ4v) is 4.15. The van der Waals surface area contributed by atoms with Crippen molar-refractivity contribution >= 4 is 0 Å². The van der Waals surface area contributed by atoms with E-state index in [9.17, 15) is 0 Å². The maximum absolute atomic E-state index is 5.53. The molecule has 2 saturated heterocycles. The Morgan fingerprint density at radius 2 is 1.86 bits per heavy atom. The largest absolute Gasteiger partial charge is 0.496 e. The Labute approximate surface area is 135 Å². The highest BCUT2D eigenvalue weighted by Gasteiger charge is 2.25. The maximum atomic E-state index is 5.53. The molecule has 0 bridgehead atoms.